The highest BCUT2D eigenvalue weighted by molar-refractivity contribution is 5.94. The largest absolute Gasteiger partial charge is 0.461 e. The van der Waals surface area contributed by atoms with Crippen LogP contribution in [0, 0.1) is 6.92 Å². The van der Waals surface area contributed by atoms with Crippen molar-refractivity contribution in [3.63, 3.8) is 0 Å². The van der Waals surface area contributed by atoms with Crippen molar-refractivity contribution in [3.05, 3.63) is 40.7 Å². The molecule has 0 atom stereocenters. The van der Waals surface area contributed by atoms with Crippen molar-refractivity contribution in [2.24, 2.45) is 0 Å². The van der Waals surface area contributed by atoms with Crippen LogP contribution in [0.2, 0.25) is 0 Å². The van der Waals surface area contributed by atoms with Crippen LogP contribution in [0.1, 0.15) is 40.9 Å². The molecule has 0 fully saturated rings. The number of furan rings is 1. The Labute approximate surface area is 101 Å². The first-order chi connectivity index (χ1) is 8.25. The summed E-state index contributed by atoms with van der Waals surface area (Å²) in [5, 5.41) is 1.38. The predicted octanol–water partition coefficient (Wildman–Crippen LogP) is 4.19. The van der Waals surface area contributed by atoms with E-state index in [1.807, 2.05) is 0 Å². The Balaban J connectivity index is 2.22. The van der Waals surface area contributed by atoms with E-state index < -0.39 is 0 Å². The van der Waals surface area contributed by atoms with Gasteiger partial charge in [-0.25, -0.2) is 0 Å². The van der Waals surface area contributed by atoms with E-state index in [4.69, 9.17) is 4.42 Å². The zero-order chi connectivity index (χ0) is 11.6. The van der Waals surface area contributed by atoms with Gasteiger partial charge in [-0.15, -0.1) is 0 Å². The van der Waals surface area contributed by atoms with E-state index in [0.29, 0.717) is 0 Å². The van der Waals surface area contributed by atoms with Gasteiger partial charge in [0.05, 0.1) is 0 Å². The van der Waals surface area contributed by atoms with Crippen LogP contribution in [0.15, 0.2) is 17.1 Å². The van der Waals surface area contributed by atoms with Gasteiger partial charge in [0.1, 0.15) is 11.3 Å². The molecule has 2 aromatic rings. The third-order valence-corrected chi connectivity index (χ3v) is 4.31. The lowest BCUT2D eigenvalue weighted by Gasteiger charge is -2.09. The Morgan fingerprint density at radius 3 is 2.76 bits per heavy atom. The van der Waals surface area contributed by atoms with Crippen molar-refractivity contribution in [1.29, 1.82) is 0 Å². The fraction of sp³-hybridized carbons (Fsp3) is 0.375. The maximum Gasteiger partial charge on any atom is 0.138 e. The summed E-state index contributed by atoms with van der Waals surface area (Å²) in [6.07, 6.45) is 5.96. The molecule has 2 aliphatic rings. The van der Waals surface area contributed by atoms with Gasteiger partial charge in [-0.05, 0) is 67.4 Å². The molecule has 17 heavy (non-hydrogen) atoms. The van der Waals surface area contributed by atoms with Crippen molar-refractivity contribution in [2.45, 2.75) is 39.0 Å². The van der Waals surface area contributed by atoms with Crippen LogP contribution < -0.4 is 0 Å². The summed E-state index contributed by atoms with van der Waals surface area (Å²) in [4.78, 5) is 0. The van der Waals surface area contributed by atoms with Gasteiger partial charge in [0.2, 0.25) is 0 Å². The van der Waals surface area contributed by atoms with Crippen LogP contribution >= 0.6 is 0 Å². The average molecular weight is 224 g/mol. The van der Waals surface area contributed by atoms with E-state index in [0.717, 1.165) is 24.2 Å². The van der Waals surface area contributed by atoms with E-state index in [2.05, 4.69) is 19.6 Å². The molecule has 0 radical (unpaired) electrons. The van der Waals surface area contributed by atoms with E-state index in [1.54, 1.807) is 11.1 Å². The van der Waals surface area contributed by atoms with Crippen molar-refractivity contribution < 1.29 is 4.42 Å². The molecule has 0 saturated carbocycles. The molecule has 4 rings (SSSR count). The zero-order valence-corrected chi connectivity index (χ0v) is 10.2. The summed E-state index contributed by atoms with van der Waals surface area (Å²) in [6, 6.07) is 2.22. The number of fused-ring (bicyclic) bond motifs is 6. The third kappa shape index (κ3) is 1.09. The molecular formula is C16H16O. The molecule has 0 bridgehead atoms. The Hall–Kier alpha value is -1.50. The number of benzene rings is 1. The summed E-state index contributed by atoms with van der Waals surface area (Å²) in [5.41, 5.74) is 8.48. The summed E-state index contributed by atoms with van der Waals surface area (Å²) < 4.78 is 5.94. The van der Waals surface area contributed by atoms with Crippen LogP contribution in [0.25, 0.3) is 16.5 Å². The van der Waals surface area contributed by atoms with Crippen molar-refractivity contribution in [3.8, 4) is 0 Å². The predicted molar refractivity (Wildman–Crippen MR) is 70.3 cm³/mol. The molecule has 0 unspecified atom stereocenters. The Morgan fingerprint density at radius 2 is 1.88 bits per heavy atom. The Morgan fingerprint density at radius 1 is 1.06 bits per heavy atom. The molecule has 0 N–H and O–H groups in total. The monoisotopic (exact) mass is 224 g/mol. The van der Waals surface area contributed by atoms with E-state index in [-0.39, 0.29) is 0 Å². The quantitative estimate of drug-likeness (QED) is 0.654. The minimum absolute atomic E-state index is 1.04. The van der Waals surface area contributed by atoms with Crippen LogP contribution in [0.4, 0.5) is 0 Å². The molecule has 0 aliphatic heterocycles. The maximum atomic E-state index is 5.94. The molecule has 1 aromatic heterocycles. The fourth-order valence-corrected chi connectivity index (χ4v) is 3.64. The van der Waals surface area contributed by atoms with Gasteiger partial charge < -0.3 is 4.42 Å². The molecule has 86 valence electrons. The molecule has 0 spiro atoms. The fourth-order valence-electron chi connectivity index (χ4n) is 3.64. The van der Waals surface area contributed by atoms with Crippen LogP contribution in [0.3, 0.4) is 0 Å². The second-order valence-corrected chi connectivity index (χ2v) is 5.37. The SMILES string of the molecule is C=C1CCc2c1c1c(c3cc(C)oc23)CCC1. The van der Waals surface area contributed by atoms with Gasteiger partial charge in [0.15, 0.2) is 0 Å². The van der Waals surface area contributed by atoms with Gasteiger partial charge in [0, 0.05) is 10.9 Å². The minimum atomic E-state index is 1.04. The van der Waals surface area contributed by atoms with E-state index in [9.17, 15) is 0 Å². The normalized spacial score (nSPS) is 17.8. The second-order valence-electron chi connectivity index (χ2n) is 5.37. The highest BCUT2D eigenvalue weighted by atomic mass is 16.3. The smallest absolute Gasteiger partial charge is 0.138 e. The van der Waals surface area contributed by atoms with Gasteiger partial charge in [0.25, 0.3) is 0 Å². The van der Waals surface area contributed by atoms with Gasteiger partial charge >= 0.3 is 0 Å². The van der Waals surface area contributed by atoms with Gasteiger partial charge in [-0.2, -0.15) is 0 Å². The number of aryl methyl sites for hydroxylation is 3. The van der Waals surface area contributed by atoms with E-state index in [1.165, 1.54) is 41.3 Å². The molecule has 1 nitrogen and oxygen atoms in total. The first-order valence-corrected chi connectivity index (χ1v) is 6.50. The van der Waals surface area contributed by atoms with Gasteiger partial charge in [-0.3, -0.25) is 0 Å². The van der Waals surface area contributed by atoms with E-state index >= 15 is 0 Å². The first kappa shape index (κ1) is 9.52. The van der Waals surface area contributed by atoms with Crippen molar-refractivity contribution >= 4 is 16.5 Å². The topological polar surface area (TPSA) is 13.1 Å². The van der Waals surface area contributed by atoms with Crippen molar-refractivity contribution in [1.82, 2.24) is 0 Å². The zero-order valence-electron chi connectivity index (χ0n) is 10.2. The molecule has 1 heteroatoms. The molecule has 2 aliphatic carbocycles. The molecule has 0 saturated heterocycles. The molecular weight excluding hydrogens is 208 g/mol. The average Bonchev–Trinajstić information content (AvgIpc) is 2.94. The lowest BCUT2D eigenvalue weighted by Crippen LogP contribution is -1.93. The Bertz CT molecular complexity index is 658. The lowest BCUT2D eigenvalue weighted by atomic mass is 9.94. The minimum Gasteiger partial charge on any atom is -0.461 e. The maximum absolute atomic E-state index is 5.94. The Kier molecular flexibility index (Phi) is 1.70. The number of allylic oxidation sites excluding steroid dienone is 1. The number of rotatable bonds is 0. The molecule has 0 amide bonds. The summed E-state index contributed by atoms with van der Waals surface area (Å²) >= 11 is 0. The van der Waals surface area contributed by atoms with Crippen molar-refractivity contribution in [2.75, 3.05) is 0 Å². The standard InChI is InChI=1S/C16H16O/c1-9-6-7-13-15(9)12-5-3-4-11(12)14-8-10(2)17-16(13)14/h8H,1,3-7H2,2H3. The summed E-state index contributed by atoms with van der Waals surface area (Å²) in [7, 11) is 0. The molecule has 1 aromatic carbocycles. The van der Waals surface area contributed by atoms with Crippen LogP contribution in [0.5, 0.6) is 0 Å². The lowest BCUT2D eigenvalue weighted by molar-refractivity contribution is 0.575. The highest BCUT2D eigenvalue weighted by Gasteiger charge is 2.28. The van der Waals surface area contributed by atoms with Crippen LogP contribution in [-0.4, -0.2) is 0 Å². The second kappa shape index (κ2) is 3.04. The molecule has 1 heterocycles. The van der Waals surface area contributed by atoms with Crippen LogP contribution in [-0.2, 0) is 19.3 Å². The van der Waals surface area contributed by atoms with Gasteiger partial charge in [-0.1, -0.05) is 6.58 Å². The summed E-state index contributed by atoms with van der Waals surface area (Å²) in [6.45, 7) is 6.30. The number of hydrogen-bond donors (Lipinski definition) is 0. The third-order valence-electron chi connectivity index (χ3n) is 4.31. The first-order valence-electron chi connectivity index (χ1n) is 6.50. The summed E-state index contributed by atoms with van der Waals surface area (Å²) in [5.74, 6) is 1.04. The highest BCUT2D eigenvalue weighted by Crippen LogP contribution is 2.44. The number of hydrogen-bond acceptors (Lipinski definition) is 1.